The standard InChI is InChI=1S/C10H20O4S/c1-8(2)9-4-3-6-10(11,7-5-9)15(12,13)14/h8-9,11H,3-7H2,1-2H3,(H,12,13,14). The van der Waals surface area contributed by atoms with Crippen LogP contribution < -0.4 is 0 Å². The quantitative estimate of drug-likeness (QED) is 0.566. The first-order valence-corrected chi connectivity index (χ1v) is 6.90. The van der Waals surface area contributed by atoms with Crippen LogP contribution in [0.2, 0.25) is 0 Å². The van der Waals surface area contributed by atoms with Gasteiger partial charge in [0.15, 0.2) is 4.93 Å². The zero-order valence-electron chi connectivity index (χ0n) is 9.31. The molecule has 0 radical (unpaired) electrons. The van der Waals surface area contributed by atoms with Crippen molar-refractivity contribution >= 4 is 10.1 Å². The minimum absolute atomic E-state index is 0.147. The van der Waals surface area contributed by atoms with E-state index in [1.165, 1.54) is 0 Å². The highest BCUT2D eigenvalue weighted by molar-refractivity contribution is 7.87. The van der Waals surface area contributed by atoms with E-state index in [0.29, 0.717) is 24.7 Å². The summed E-state index contributed by atoms with van der Waals surface area (Å²) in [5.74, 6) is 0.939. The third-order valence-electron chi connectivity index (χ3n) is 3.47. The van der Waals surface area contributed by atoms with Crippen LogP contribution in [0.5, 0.6) is 0 Å². The summed E-state index contributed by atoms with van der Waals surface area (Å²) in [4.78, 5) is -1.91. The third-order valence-corrected chi connectivity index (χ3v) is 4.84. The third kappa shape index (κ3) is 2.92. The van der Waals surface area contributed by atoms with Crippen molar-refractivity contribution < 1.29 is 18.1 Å². The van der Waals surface area contributed by atoms with Gasteiger partial charge in [-0.2, -0.15) is 8.42 Å². The van der Waals surface area contributed by atoms with Crippen molar-refractivity contribution in [2.75, 3.05) is 0 Å². The van der Waals surface area contributed by atoms with Crippen LogP contribution in [-0.2, 0) is 10.1 Å². The molecular formula is C10H20O4S. The molecule has 5 heteroatoms. The van der Waals surface area contributed by atoms with E-state index in [4.69, 9.17) is 4.55 Å². The molecule has 0 aliphatic heterocycles. The summed E-state index contributed by atoms with van der Waals surface area (Å²) >= 11 is 0. The van der Waals surface area contributed by atoms with Gasteiger partial charge in [0, 0.05) is 0 Å². The van der Waals surface area contributed by atoms with Crippen LogP contribution >= 0.6 is 0 Å². The minimum atomic E-state index is -4.34. The summed E-state index contributed by atoms with van der Waals surface area (Å²) in [7, 11) is -4.34. The van der Waals surface area contributed by atoms with Crippen LogP contribution in [0, 0.1) is 11.8 Å². The van der Waals surface area contributed by atoms with Gasteiger partial charge in [0.1, 0.15) is 0 Å². The molecule has 0 amide bonds. The molecule has 1 rings (SSSR count). The van der Waals surface area contributed by atoms with Gasteiger partial charge in [0.05, 0.1) is 0 Å². The fourth-order valence-corrected chi connectivity index (χ4v) is 3.02. The molecule has 2 N–H and O–H groups in total. The largest absolute Gasteiger partial charge is 0.372 e. The SMILES string of the molecule is CC(C)C1CCCC(O)(S(=O)(=O)O)CC1. The van der Waals surface area contributed by atoms with Crippen LogP contribution in [0.4, 0.5) is 0 Å². The molecule has 0 aromatic carbocycles. The molecule has 15 heavy (non-hydrogen) atoms. The minimum Gasteiger partial charge on any atom is -0.372 e. The van der Waals surface area contributed by atoms with E-state index in [2.05, 4.69) is 13.8 Å². The van der Waals surface area contributed by atoms with Crippen molar-refractivity contribution in [1.82, 2.24) is 0 Å². The summed E-state index contributed by atoms with van der Waals surface area (Å²) < 4.78 is 31.1. The van der Waals surface area contributed by atoms with Gasteiger partial charge in [-0.05, 0) is 37.5 Å². The van der Waals surface area contributed by atoms with Gasteiger partial charge in [-0.25, -0.2) is 0 Å². The Morgan fingerprint density at radius 2 is 1.87 bits per heavy atom. The van der Waals surface area contributed by atoms with Crippen LogP contribution in [0.15, 0.2) is 0 Å². The zero-order chi connectivity index (χ0) is 11.7. The molecule has 1 saturated carbocycles. The smallest absolute Gasteiger partial charge is 0.294 e. The predicted octanol–water partition coefficient (Wildman–Crippen LogP) is 1.80. The lowest BCUT2D eigenvalue weighted by atomic mass is 9.89. The Morgan fingerprint density at radius 1 is 1.27 bits per heavy atom. The van der Waals surface area contributed by atoms with E-state index < -0.39 is 15.1 Å². The van der Waals surface area contributed by atoms with E-state index in [0.717, 1.165) is 6.42 Å². The van der Waals surface area contributed by atoms with Crippen molar-refractivity contribution in [2.24, 2.45) is 11.8 Å². The number of hydrogen-bond donors (Lipinski definition) is 2. The maximum Gasteiger partial charge on any atom is 0.294 e. The highest BCUT2D eigenvalue weighted by atomic mass is 32.2. The number of rotatable bonds is 2. The Hall–Kier alpha value is -0.130. The molecular weight excluding hydrogens is 216 g/mol. The normalized spacial score (nSPS) is 34.1. The second kappa shape index (κ2) is 4.39. The van der Waals surface area contributed by atoms with Crippen molar-refractivity contribution in [3.8, 4) is 0 Å². The van der Waals surface area contributed by atoms with E-state index in [9.17, 15) is 13.5 Å². The fourth-order valence-electron chi connectivity index (χ4n) is 2.25. The van der Waals surface area contributed by atoms with Gasteiger partial charge in [0.25, 0.3) is 10.1 Å². The maximum atomic E-state index is 11.0. The van der Waals surface area contributed by atoms with Crippen LogP contribution in [0.1, 0.15) is 46.0 Å². The lowest BCUT2D eigenvalue weighted by Gasteiger charge is -2.23. The molecule has 1 aliphatic rings. The van der Waals surface area contributed by atoms with E-state index in [1.54, 1.807) is 0 Å². The molecule has 4 nitrogen and oxygen atoms in total. The highest BCUT2D eigenvalue weighted by Gasteiger charge is 2.42. The van der Waals surface area contributed by atoms with Crippen LogP contribution in [-0.4, -0.2) is 23.0 Å². The Labute approximate surface area is 91.4 Å². The van der Waals surface area contributed by atoms with Gasteiger partial charge in [0.2, 0.25) is 0 Å². The van der Waals surface area contributed by atoms with Gasteiger partial charge >= 0.3 is 0 Å². The van der Waals surface area contributed by atoms with Crippen molar-refractivity contribution in [1.29, 1.82) is 0 Å². The van der Waals surface area contributed by atoms with Crippen molar-refractivity contribution in [2.45, 2.75) is 50.9 Å². The second-order valence-electron chi connectivity index (χ2n) is 4.86. The molecule has 0 bridgehead atoms. The van der Waals surface area contributed by atoms with Crippen LogP contribution in [0.3, 0.4) is 0 Å². The molecule has 2 unspecified atom stereocenters. The Kier molecular flexibility index (Phi) is 3.79. The summed E-state index contributed by atoms with van der Waals surface area (Å²) in [5.41, 5.74) is 0. The first-order valence-electron chi connectivity index (χ1n) is 5.46. The van der Waals surface area contributed by atoms with E-state index in [-0.39, 0.29) is 12.8 Å². The molecule has 0 saturated heterocycles. The monoisotopic (exact) mass is 236 g/mol. The van der Waals surface area contributed by atoms with Crippen molar-refractivity contribution in [3.63, 3.8) is 0 Å². The molecule has 1 aliphatic carbocycles. The lowest BCUT2D eigenvalue weighted by molar-refractivity contribution is 0.0948. The van der Waals surface area contributed by atoms with E-state index >= 15 is 0 Å². The molecule has 0 spiro atoms. The summed E-state index contributed by atoms with van der Waals surface area (Å²) in [6.07, 6.45) is 2.53. The van der Waals surface area contributed by atoms with Crippen molar-refractivity contribution in [3.05, 3.63) is 0 Å². The zero-order valence-corrected chi connectivity index (χ0v) is 10.1. The Morgan fingerprint density at radius 3 is 2.33 bits per heavy atom. The highest BCUT2D eigenvalue weighted by Crippen LogP contribution is 2.36. The average molecular weight is 236 g/mol. The van der Waals surface area contributed by atoms with Gasteiger partial charge in [-0.1, -0.05) is 20.3 Å². The van der Waals surface area contributed by atoms with Gasteiger partial charge in [-0.15, -0.1) is 0 Å². The Bertz CT molecular complexity index is 309. The van der Waals surface area contributed by atoms with Crippen LogP contribution in [0.25, 0.3) is 0 Å². The number of hydrogen-bond acceptors (Lipinski definition) is 3. The summed E-state index contributed by atoms with van der Waals surface area (Å²) in [6, 6.07) is 0. The molecule has 2 atom stereocenters. The van der Waals surface area contributed by atoms with Gasteiger partial charge in [-0.3, -0.25) is 4.55 Å². The topological polar surface area (TPSA) is 74.6 Å². The first-order chi connectivity index (χ1) is 6.76. The predicted molar refractivity (Wildman–Crippen MR) is 57.9 cm³/mol. The number of aliphatic hydroxyl groups is 1. The summed E-state index contributed by atoms with van der Waals surface area (Å²) in [6.45, 7) is 4.20. The molecule has 0 heterocycles. The molecule has 90 valence electrons. The van der Waals surface area contributed by atoms with E-state index in [1.807, 2.05) is 0 Å². The first kappa shape index (κ1) is 12.9. The second-order valence-corrected chi connectivity index (χ2v) is 6.57. The maximum absolute atomic E-state index is 11.0. The summed E-state index contributed by atoms with van der Waals surface area (Å²) in [5, 5.41) is 9.85. The Balaban J connectivity index is 2.76. The molecule has 1 fully saturated rings. The molecule has 0 aromatic heterocycles. The fraction of sp³-hybridized carbons (Fsp3) is 1.00. The lowest BCUT2D eigenvalue weighted by Crippen LogP contribution is -2.37. The average Bonchev–Trinajstić information content (AvgIpc) is 2.26. The van der Waals surface area contributed by atoms with Gasteiger partial charge < -0.3 is 5.11 Å². The molecule has 0 aromatic rings.